The van der Waals surface area contributed by atoms with E-state index in [9.17, 15) is 0 Å². The van der Waals surface area contributed by atoms with Crippen molar-refractivity contribution in [2.75, 3.05) is 0 Å². The SMILES string of the molecule is CC(C)Cn1cc(-c2ccccc2CN)cn1.Cl. The Hall–Kier alpha value is -1.32. The summed E-state index contributed by atoms with van der Waals surface area (Å²) in [6.07, 6.45) is 4.01. The van der Waals surface area contributed by atoms with Gasteiger partial charge in [0.1, 0.15) is 0 Å². The van der Waals surface area contributed by atoms with Gasteiger partial charge in [-0.25, -0.2) is 0 Å². The second-order valence-corrected chi connectivity index (χ2v) is 4.71. The molecule has 2 aromatic rings. The van der Waals surface area contributed by atoms with Crippen LogP contribution in [0.4, 0.5) is 0 Å². The molecule has 0 unspecified atom stereocenters. The quantitative estimate of drug-likeness (QED) is 0.923. The zero-order chi connectivity index (χ0) is 12.3. The summed E-state index contributed by atoms with van der Waals surface area (Å²) in [5.41, 5.74) is 9.24. The van der Waals surface area contributed by atoms with Crippen LogP contribution in [0.1, 0.15) is 19.4 Å². The maximum absolute atomic E-state index is 5.75. The van der Waals surface area contributed by atoms with Crippen molar-refractivity contribution in [2.24, 2.45) is 11.7 Å². The second-order valence-electron chi connectivity index (χ2n) is 4.71. The zero-order valence-corrected chi connectivity index (χ0v) is 11.7. The van der Waals surface area contributed by atoms with Crippen LogP contribution in [0.25, 0.3) is 11.1 Å². The molecule has 0 aliphatic carbocycles. The highest BCUT2D eigenvalue weighted by atomic mass is 35.5. The summed E-state index contributed by atoms with van der Waals surface area (Å²) >= 11 is 0. The molecule has 98 valence electrons. The van der Waals surface area contributed by atoms with Crippen molar-refractivity contribution in [3.05, 3.63) is 42.2 Å². The first-order chi connectivity index (χ1) is 8.20. The van der Waals surface area contributed by atoms with Gasteiger partial charge in [0, 0.05) is 24.8 Å². The van der Waals surface area contributed by atoms with Gasteiger partial charge >= 0.3 is 0 Å². The largest absolute Gasteiger partial charge is 0.326 e. The molecule has 0 saturated carbocycles. The smallest absolute Gasteiger partial charge is 0.0568 e. The van der Waals surface area contributed by atoms with Crippen molar-refractivity contribution in [2.45, 2.75) is 26.9 Å². The molecule has 18 heavy (non-hydrogen) atoms. The van der Waals surface area contributed by atoms with Crippen molar-refractivity contribution in [1.82, 2.24) is 9.78 Å². The first-order valence-electron chi connectivity index (χ1n) is 6.01. The molecule has 0 amide bonds. The molecule has 2 rings (SSSR count). The van der Waals surface area contributed by atoms with E-state index in [0.717, 1.165) is 17.7 Å². The zero-order valence-electron chi connectivity index (χ0n) is 10.8. The Balaban J connectivity index is 0.00000162. The van der Waals surface area contributed by atoms with Gasteiger partial charge in [-0.15, -0.1) is 12.4 Å². The monoisotopic (exact) mass is 265 g/mol. The minimum atomic E-state index is 0. The van der Waals surface area contributed by atoms with Crippen molar-refractivity contribution in [1.29, 1.82) is 0 Å². The van der Waals surface area contributed by atoms with E-state index in [0.29, 0.717) is 12.5 Å². The molecule has 1 aromatic carbocycles. The normalized spacial score (nSPS) is 10.4. The Morgan fingerprint density at radius 1 is 1.28 bits per heavy atom. The summed E-state index contributed by atoms with van der Waals surface area (Å²) in [5.74, 6) is 0.604. The van der Waals surface area contributed by atoms with Gasteiger partial charge in [-0.1, -0.05) is 38.1 Å². The van der Waals surface area contributed by atoms with E-state index in [1.54, 1.807) is 0 Å². The van der Waals surface area contributed by atoms with E-state index >= 15 is 0 Å². The summed E-state index contributed by atoms with van der Waals surface area (Å²) in [7, 11) is 0. The van der Waals surface area contributed by atoms with Crippen LogP contribution < -0.4 is 5.73 Å². The summed E-state index contributed by atoms with van der Waals surface area (Å²) in [6.45, 7) is 5.89. The molecule has 4 heteroatoms. The Labute approximate surface area is 114 Å². The highest BCUT2D eigenvalue weighted by molar-refractivity contribution is 5.85. The fourth-order valence-electron chi connectivity index (χ4n) is 1.96. The van der Waals surface area contributed by atoms with E-state index in [-0.39, 0.29) is 12.4 Å². The van der Waals surface area contributed by atoms with Gasteiger partial charge in [0.05, 0.1) is 6.20 Å². The summed E-state index contributed by atoms with van der Waals surface area (Å²) in [6, 6.07) is 8.21. The Morgan fingerprint density at radius 3 is 2.67 bits per heavy atom. The Morgan fingerprint density at radius 2 is 2.00 bits per heavy atom. The molecule has 1 heterocycles. The van der Waals surface area contributed by atoms with Crippen LogP contribution in [0.3, 0.4) is 0 Å². The molecular weight excluding hydrogens is 246 g/mol. The lowest BCUT2D eigenvalue weighted by Crippen LogP contribution is -2.04. The number of nitrogens with two attached hydrogens (primary N) is 1. The minimum absolute atomic E-state index is 0. The number of aromatic nitrogens is 2. The van der Waals surface area contributed by atoms with E-state index in [2.05, 4.69) is 37.3 Å². The third-order valence-corrected chi connectivity index (χ3v) is 2.73. The van der Waals surface area contributed by atoms with Crippen LogP contribution in [0, 0.1) is 5.92 Å². The highest BCUT2D eigenvalue weighted by Gasteiger charge is 2.06. The van der Waals surface area contributed by atoms with Crippen LogP contribution in [0.15, 0.2) is 36.7 Å². The predicted octanol–water partition coefficient (Wildman–Crippen LogP) is 3.09. The Kier molecular flexibility index (Phi) is 5.38. The van der Waals surface area contributed by atoms with Crippen LogP contribution in [-0.4, -0.2) is 9.78 Å². The lowest BCUT2D eigenvalue weighted by molar-refractivity contribution is 0.483. The number of hydrogen-bond donors (Lipinski definition) is 1. The molecule has 0 bridgehead atoms. The maximum Gasteiger partial charge on any atom is 0.0568 e. The van der Waals surface area contributed by atoms with Crippen LogP contribution >= 0.6 is 12.4 Å². The van der Waals surface area contributed by atoms with E-state index in [4.69, 9.17) is 5.73 Å². The van der Waals surface area contributed by atoms with Gasteiger partial charge in [0.25, 0.3) is 0 Å². The van der Waals surface area contributed by atoms with Gasteiger partial charge in [-0.2, -0.15) is 5.10 Å². The maximum atomic E-state index is 5.75. The lowest BCUT2D eigenvalue weighted by atomic mass is 10.0. The van der Waals surface area contributed by atoms with E-state index < -0.39 is 0 Å². The molecule has 0 aliphatic rings. The molecule has 0 spiro atoms. The fraction of sp³-hybridized carbons (Fsp3) is 0.357. The fourth-order valence-corrected chi connectivity index (χ4v) is 1.96. The average molecular weight is 266 g/mol. The molecule has 0 radical (unpaired) electrons. The summed E-state index contributed by atoms with van der Waals surface area (Å²) < 4.78 is 1.99. The summed E-state index contributed by atoms with van der Waals surface area (Å²) in [5, 5.41) is 4.38. The third kappa shape index (κ3) is 3.34. The van der Waals surface area contributed by atoms with Gasteiger partial charge in [0.2, 0.25) is 0 Å². The second kappa shape index (κ2) is 6.57. The lowest BCUT2D eigenvalue weighted by Gasteiger charge is -2.05. The molecular formula is C14H20ClN3. The van der Waals surface area contributed by atoms with Gasteiger partial charge in [-0.3, -0.25) is 4.68 Å². The number of halogens is 1. The molecule has 0 saturated heterocycles. The van der Waals surface area contributed by atoms with Gasteiger partial charge < -0.3 is 5.73 Å². The minimum Gasteiger partial charge on any atom is -0.326 e. The molecule has 2 N–H and O–H groups in total. The Bertz CT molecular complexity index is 491. The van der Waals surface area contributed by atoms with Gasteiger partial charge in [-0.05, 0) is 17.0 Å². The van der Waals surface area contributed by atoms with Crippen molar-refractivity contribution in [3.8, 4) is 11.1 Å². The van der Waals surface area contributed by atoms with Crippen LogP contribution in [0.2, 0.25) is 0 Å². The molecule has 0 aliphatic heterocycles. The first kappa shape index (κ1) is 14.7. The van der Waals surface area contributed by atoms with Crippen molar-refractivity contribution >= 4 is 12.4 Å². The molecule has 0 fully saturated rings. The third-order valence-electron chi connectivity index (χ3n) is 2.73. The number of nitrogens with zero attached hydrogens (tertiary/aromatic N) is 2. The predicted molar refractivity (Wildman–Crippen MR) is 77.6 cm³/mol. The van der Waals surface area contributed by atoms with E-state index in [1.807, 2.05) is 23.0 Å². The number of hydrogen-bond acceptors (Lipinski definition) is 2. The van der Waals surface area contributed by atoms with Gasteiger partial charge in [0.15, 0.2) is 0 Å². The highest BCUT2D eigenvalue weighted by Crippen LogP contribution is 2.22. The summed E-state index contributed by atoms with van der Waals surface area (Å²) in [4.78, 5) is 0. The average Bonchev–Trinajstić information content (AvgIpc) is 2.76. The standard InChI is InChI=1S/C14H19N3.ClH/c1-11(2)9-17-10-13(8-16-17)14-6-4-3-5-12(14)7-15;/h3-6,8,10-11H,7,9,15H2,1-2H3;1H. The number of rotatable bonds is 4. The van der Waals surface area contributed by atoms with Crippen LogP contribution in [0.5, 0.6) is 0 Å². The van der Waals surface area contributed by atoms with Crippen molar-refractivity contribution < 1.29 is 0 Å². The first-order valence-corrected chi connectivity index (χ1v) is 6.01. The molecule has 1 aromatic heterocycles. The number of benzene rings is 1. The topological polar surface area (TPSA) is 43.8 Å². The van der Waals surface area contributed by atoms with Crippen molar-refractivity contribution in [3.63, 3.8) is 0 Å². The van der Waals surface area contributed by atoms with E-state index in [1.165, 1.54) is 5.56 Å². The molecule has 0 atom stereocenters. The van der Waals surface area contributed by atoms with Crippen LogP contribution in [-0.2, 0) is 13.1 Å². The molecule has 3 nitrogen and oxygen atoms in total.